The quantitative estimate of drug-likeness (QED) is 0.541. The second kappa shape index (κ2) is 7.69. The number of carbonyl (C=O) groups is 1. The number of nitrogens with zero attached hydrogens (tertiary/aromatic N) is 2. The molecule has 1 N–H and O–H groups in total. The number of aromatic nitrogens is 2. The van der Waals surface area contributed by atoms with E-state index < -0.39 is 5.76 Å². The maximum Gasteiger partial charge on any atom is 0.437 e. The second-order valence-corrected chi connectivity index (χ2v) is 7.21. The number of carbonyl (C=O) groups excluding carboxylic acids is 1. The van der Waals surface area contributed by atoms with E-state index >= 15 is 0 Å². The van der Waals surface area contributed by atoms with E-state index in [2.05, 4.69) is 10.4 Å². The van der Waals surface area contributed by atoms with E-state index in [1.807, 2.05) is 48.7 Å². The summed E-state index contributed by atoms with van der Waals surface area (Å²) in [6.07, 6.45) is 1.45. The van der Waals surface area contributed by atoms with E-state index in [4.69, 9.17) is 8.83 Å². The lowest BCUT2D eigenvalue weighted by atomic mass is 10.0. The Morgan fingerprint density at radius 1 is 1.21 bits per heavy atom. The molecule has 4 rings (SSSR count). The van der Waals surface area contributed by atoms with Crippen molar-refractivity contribution in [3.63, 3.8) is 0 Å². The van der Waals surface area contributed by atoms with Gasteiger partial charge in [0.15, 0.2) is 5.76 Å². The molecule has 0 bridgehead atoms. The minimum Gasteiger partial charge on any atom is -0.459 e. The largest absolute Gasteiger partial charge is 0.459 e. The zero-order chi connectivity index (χ0) is 19.5. The van der Waals surface area contributed by atoms with Gasteiger partial charge in [-0.1, -0.05) is 35.9 Å². The molecule has 1 aromatic carbocycles. The molecule has 7 nitrogen and oxygen atoms in total. The van der Waals surface area contributed by atoms with Gasteiger partial charge in [-0.15, -0.1) is 16.4 Å². The molecule has 8 heteroatoms. The van der Waals surface area contributed by atoms with Crippen molar-refractivity contribution in [3.05, 3.63) is 86.7 Å². The predicted molar refractivity (Wildman–Crippen MR) is 104 cm³/mol. The van der Waals surface area contributed by atoms with Crippen molar-refractivity contribution in [1.29, 1.82) is 0 Å². The number of aryl methyl sites for hydroxylation is 1. The molecule has 1 atom stereocenters. The van der Waals surface area contributed by atoms with Gasteiger partial charge in [0, 0.05) is 4.88 Å². The van der Waals surface area contributed by atoms with Crippen LogP contribution in [0.2, 0.25) is 0 Å². The Hall–Kier alpha value is -3.39. The maximum absolute atomic E-state index is 12.6. The lowest BCUT2D eigenvalue weighted by molar-refractivity contribution is -0.122. The predicted octanol–water partition coefficient (Wildman–Crippen LogP) is 3.37. The minimum atomic E-state index is -0.718. The molecule has 0 fully saturated rings. The third-order valence-electron chi connectivity index (χ3n) is 4.18. The minimum absolute atomic E-state index is 0.0381. The SMILES string of the molecule is Cc1ccc(C(NC(=O)Cn2nc(-c3ccco3)oc2=O)c2cccs2)cc1. The molecule has 0 aliphatic carbocycles. The number of furan rings is 1. The van der Waals surface area contributed by atoms with Gasteiger partial charge in [0.05, 0.1) is 12.3 Å². The van der Waals surface area contributed by atoms with Crippen LogP contribution >= 0.6 is 11.3 Å². The molecular formula is C20H17N3O4S. The highest BCUT2D eigenvalue weighted by atomic mass is 32.1. The second-order valence-electron chi connectivity index (χ2n) is 6.23. The van der Waals surface area contributed by atoms with Crippen LogP contribution in [0.3, 0.4) is 0 Å². The highest BCUT2D eigenvalue weighted by Gasteiger charge is 2.20. The van der Waals surface area contributed by atoms with Gasteiger partial charge in [0.1, 0.15) is 6.54 Å². The summed E-state index contributed by atoms with van der Waals surface area (Å²) in [6.45, 7) is 1.76. The molecule has 0 aliphatic heterocycles. The first-order valence-electron chi connectivity index (χ1n) is 8.61. The normalized spacial score (nSPS) is 12.0. The summed E-state index contributed by atoms with van der Waals surface area (Å²) in [7, 11) is 0. The summed E-state index contributed by atoms with van der Waals surface area (Å²) in [5.41, 5.74) is 2.10. The van der Waals surface area contributed by atoms with E-state index in [1.54, 1.807) is 23.5 Å². The van der Waals surface area contributed by atoms with E-state index in [0.717, 1.165) is 20.7 Å². The zero-order valence-electron chi connectivity index (χ0n) is 15.0. The highest BCUT2D eigenvalue weighted by Crippen LogP contribution is 2.26. The smallest absolute Gasteiger partial charge is 0.437 e. The van der Waals surface area contributed by atoms with Gasteiger partial charge in [0.25, 0.3) is 5.89 Å². The van der Waals surface area contributed by atoms with Crippen LogP contribution in [0.4, 0.5) is 0 Å². The Kier molecular flexibility index (Phi) is 4.94. The average molecular weight is 395 g/mol. The Labute approximate surface area is 164 Å². The van der Waals surface area contributed by atoms with Gasteiger partial charge in [0.2, 0.25) is 5.91 Å². The number of rotatable bonds is 6. The molecule has 0 saturated carbocycles. The topological polar surface area (TPSA) is 90.3 Å². The van der Waals surface area contributed by atoms with Crippen LogP contribution in [0, 0.1) is 6.92 Å². The Morgan fingerprint density at radius 2 is 2.04 bits per heavy atom. The van der Waals surface area contributed by atoms with Crippen LogP contribution in [0.5, 0.6) is 0 Å². The summed E-state index contributed by atoms with van der Waals surface area (Å²) < 4.78 is 11.2. The fraction of sp³-hybridized carbons (Fsp3) is 0.150. The van der Waals surface area contributed by atoms with Crippen molar-refractivity contribution in [2.24, 2.45) is 0 Å². The van der Waals surface area contributed by atoms with E-state index in [1.165, 1.54) is 6.26 Å². The van der Waals surface area contributed by atoms with Crippen LogP contribution in [0.25, 0.3) is 11.7 Å². The number of hydrogen-bond acceptors (Lipinski definition) is 6. The van der Waals surface area contributed by atoms with Crippen LogP contribution in [-0.4, -0.2) is 15.7 Å². The molecule has 0 spiro atoms. The van der Waals surface area contributed by atoms with E-state index in [0.29, 0.717) is 5.76 Å². The van der Waals surface area contributed by atoms with E-state index in [9.17, 15) is 9.59 Å². The first kappa shape index (κ1) is 18.0. The molecule has 0 saturated heterocycles. The molecule has 3 heterocycles. The zero-order valence-corrected chi connectivity index (χ0v) is 15.8. The number of nitrogens with one attached hydrogen (secondary N) is 1. The monoisotopic (exact) mass is 395 g/mol. The lowest BCUT2D eigenvalue weighted by Crippen LogP contribution is -2.34. The molecule has 1 unspecified atom stereocenters. The van der Waals surface area contributed by atoms with Gasteiger partial charge in [-0.25, -0.2) is 4.79 Å². The van der Waals surface area contributed by atoms with Crippen molar-refractivity contribution in [1.82, 2.24) is 15.1 Å². The Morgan fingerprint density at radius 3 is 2.71 bits per heavy atom. The maximum atomic E-state index is 12.6. The molecule has 0 radical (unpaired) electrons. The van der Waals surface area contributed by atoms with Gasteiger partial charge in [-0.05, 0) is 36.1 Å². The molecule has 4 aromatic rings. The molecule has 142 valence electrons. The number of thiophene rings is 1. The van der Waals surface area contributed by atoms with Crippen molar-refractivity contribution in [2.45, 2.75) is 19.5 Å². The fourth-order valence-corrected chi connectivity index (χ4v) is 3.58. The standard InChI is InChI=1S/C20H17N3O4S/c1-13-6-8-14(9-7-13)18(16-5-3-11-28-16)21-17(24)12-23-20(25)27-19(22-23)15-4-2-10-26-15/h2-11,18H,12H2,1H3,(H,21,24). The molecule has 1 amide bonds. The van der Waals surface area contributed by atoms with Gasteiger partial charge < -0.3 is 14.2 Å². The van der Waals surface area contributed by atoms with Crippen molar-refractivity contribution < 1.29 is 13.6 Å². The first-order valence-corrected chi connectivity index (χ1v) is 9.49. The number of benzene rings is 1. The van der Waals surface area contributed by atoms with Gasteiger partial charge >= 0.3 is 5.76 Å². The first-order chi connectivity index (χ1) is 13.6. The van der Waals surface area contributed by atoms with Crippen LogP contribution in [0.1, 0.15) is 22.0 Å². The van der Waals surface area contributed by atoms with Crippen molar-refractivity contribution >= 4 is 17.2 Å². The molecule has 3 aromatic heterocycles. The Balaban J connectivity index is 1.54. The summed E-state index contributed by atoms with van der Waals surface area (Å²) in [4.78, 5) is 25.6. The lowest BCUT2D eigenvalue weighted by Gasteiger charge is -2.18. The summed E-state index contributed by atoms with van der Waals surface area (Å²) in [5, 5.41) is 8.97. The van der Waals surface area contributed by atoms with Crippen molar-refractivity contribution in [2.75, 3.05) is 0 Å². The van der Waals surface area contributed by atoms with Crippen LogP contribution in [0.15, 0.2) is 73.8 Å². The summed E-state index contributed by atoms with van der Waals surface area (Å²) >= 11 is 1.55. The summed E-state index contributed by atoms with van der Waals surface area (Å²) in [6, 6.07) is 14.8. The van der Waals surface area contributed by atoms with Crippen molar-refractivity contribution in [3.8, 4) is 11.7 Å². The van der Waals surface area contributed by atoms with Gasteiger partial charge in [-0.2, -0.15) is 4.68 Å². The van der Waals surface area contributed by atoms with E-state index in [-0.39, 0.29) is 24.4 Å². The Bertz CT molecular complexity index is 1110. The van der Waals surface area contributed by atoms with Gasteiger partial charge in [-0.3, -0.25) is 4.79 Å². The highest BCUT2D eigenvalue weighted by molar-refractivity contribution is 7.10. The third kappa shape index (κ3) is 3.81. The average Bonchev–Trinajstić information content (AvgIpc) is 3.44. The third-order valence-corrected chi connectivity index (χ3v) is 5.11. The number of amides is 1. The summed E-state index contributed by atoms with van der Waals surface area (Å²) in [5.74, 6) is -0.701. The molecule has 0 aliphatic rings. The molecule has 28 heavy (non-hydrogen) atoms. The molecular weight excluding hydrogens is 378 g/mol. The van der Waals surface area contributed by atoms with Crippen LogP contribution < -0.4 is 11.1 Å². The van der Waals surface area contributed by atoms with Crippen LogP contribution in [-0.2, 0) is 11.3 Å². The fourth-order valence-electron chi connectivity index (χ4n) is 2.78. The number of hydrogen-bond donors (Lipinski definition) is 1.